The summed E-state index contributed by atoms with van der Waals surface area (Å²) in [7, 11) is 0. The van der Waals surface area contributed by atoms with Gasteiger partial charge in [0.05, 0.1) is 6.61 Å². The predicted octanol–water partition coefficient (Wildman–Crippen LogP) is 2.35. The lowest BCUT2D eigenvalue weighted by Crippen LogP contribution is -2.42. The second kappa shape index (κ2) is 6.68. The van der Waals surface area contributed by atoms with Crippen molar-refractivity contribution in [3.05, 3.63) is 36.5 Å². The van der Waals surface area contributed by atoms with Crippen molar-refractivity contribution in [3.63, 3.8) is 0 Å². The molecule has 0 saturated carbocycles. The normalized spacial score (nSPS) is 14.4. The summed E-state index contributed by atoms with van der Waals surface area (Å²) in [4.78, 5) is 4.34. The average Bonchev–Trinajstić information content (AvgIpc) is 2.44. The van der Waals surface area contributed by atoms with E-state index in [1.54, 1.807) is 6.20 Å². The summed E-state index contributed by atoms with van der Waals surface area (Å²) < 4.78 is 5.90. The third-order valence-electron chi connectivity index (χ3n) is 3.28. The van der Waals surface area contributed by atoms with Crippen LogP contribution in [0.15, 0.2) is 36.5 Å². The lowest BCUT2D eigenvalue weighted by molar-refractivity contribution is 0.0893. The molecule has 1 aromatic heterocycles. The number of para-hydroxylation sites is 1. The van der Waals surface area contributed by atoms with E-state index >= 15 is 0 Å². The summed E-state index contributed by atoms with van der Waals surface area (Å²) in [6.45, 7) is 4.11. The first-order valence-corrected chi connectivity index (χ1v) is 6.98. The Bertz CT molecular complexity index is 552. The second-order valence-corrected chi connectivity index (χ2v) is 5.46. The van der Waals surface area contributed by atoms with Crippen LogP contribution in [0.3, 0.4) is 0 Å². The molecule has 0 aliphatic heterocycles. The first-order chi connectivity index (χ1) is 9.61. The third kappa shape index (κ3) is 3.46. The highest BCUT2D eigenvalue weighted by Crippen LogP contribution is 2.24. The Balaban J connectivity index is 2.21. The van der Waals surface area contributed by atoms with Gasteiger partial charge in [-0.05, 0) is 24.5 Å². The average molecular weight is 274 g/mol. The van der Waals surface area contributed by atoms with Gasteiger partial charge >= 0.3 is 0 Å². The van der Waals surface area contributed by atoms with E-state index in [0.717, 1.165) is 17.3 Å². The first-order valence-electron chi connectivity index (χ1n) is 6.98. The number of pyridine rings is 1. The maximum Gasteiger partial charge on any atom is 0.146 e. The molecule has 4 heteroatoms. The van der Waals surface area contributed by atoms with E-state index in [4.69, 9.17) is 10.5 Å². The molecule has 1 aromatic carbocycles. The number of aliphatic hydroxyl groups is 1. The summed E-state index contributed by atoms with van der Waals surface area (Å²) in [5.74, 6) is 1.13. The fourth-order valence-corrected chi connectivity index (χ4v) is 2.29. The van der Waals surface area contributed by atoms with E-state index in [2.05, 4.69) is 18.8 Å². The van der Waals surface area contributed by atoms with Crippen LogP contribution in [-0.2, 0) is 0 Å². The molecule has 2 aromatic rings. The molecule has 0 bridgehead atoms. The van der Waals surface area contributed by atoms with Crippen molar-refractivity contribution in [2.45, 2.75) is 32.4 Å². The van der Waals surface area contributed by atoms with Crippen molar-refractivity contribution >= 4 is 10.9 Å². The Morgan fingerprint density at radius 3 is 2.70 bits per heavy atom. The summed E-state index contributed by atoms with van der Waals surface area (Å²) >= 11 is 0. The molecule has 0 saturated heterocycles. The van der Waals surface area contributed by atoms with E-state index in [-0.39, 0.29) is 12.6 Å². The number of aliphatic hydroxyl groups excluding tert-OH is 1. The molecule has 0 fully saturated rings. The maximum atomic E-state index is 9.52. The van der Waals surface area contributed by atoms with E-state index < -0.39 is 6.10 Å². The smallest absolute Gasteiger partial charge is 0.146 e. The van der Waals surface area contributed by atoms with Gasteiger partial charge in [-0.25, -0.2) is 0 Å². The fraction of sp³-hybridized carbons (Fsp3) is 0.438. The molecule has 0 aliphatic rings. The fourth-order valence-electron chi connectivity index (χ4n) is 2.29. The quantitative estimate of drug-likeness (QED) is 0.848. The molecule has 108 valence electrons. The predicted molar refractivity (Wildman–Crippen MR) is 80.7 cm³/mol. The number of fused-ring (bicyclic) bond motifs is 1. The molecule has 0 spiro atoms. The highest BCUT2D eigenvalue weighted by Gasteiger charge is 2.20. The summed E-state index contributed by atoms with van der Waals surface area (Å²) in [5.41, 5.74) is 6.91. The molecule has 20 heavy (non-hydrogen) atoms. The van der Waals surface area contributed by atoms with Crippen molar-refractivity contribution in [1.29, 1.82) is 0 Å². The van der Waals surface area contributed by atoms with Crippen molar-refractivity contribution < 1.29 is 9.84 Å². The summed E-state index contributed by atoms with van der Waals surface area (Å²) in [6, 6.07) is 9.44. The van der Waals surface area contributed by atoms with Crippen molar-refractivity contribution in [1.82, 2.24) is 4.98 Å². The largest absolute Gasteiger partial charge is 0.484 e. The van der Waals surface area contributed by atoms with Crippen LogP contribution in [0.2, 0.25) is 0 Å². The molecule has 2 unspecified atom stereocenters. The molecular weight excluding hydrogens is 252 g/mol. The topological polar surface area (TPSA) is 68.4 Å². The van der Waals surface area contributed by atoms with Gasteiger partial charge in [0.1, 0.15) is 17.4 Å². The van der Waals surface area contributed by atoms with Gasteiger partial charge in [-0.3, -0.25) is 4.98 Å². The monoisotopic (exact) mass is 274 g/mol. The number of aromatic nitrogens is 1. The number of nitrogens with zero attached hydrogens (tertiary/aromatic N) is 1. The first kappa shape index (κ1) is 14.8. The maximum absolute atomic E-state index is 9.52. The molecule has 0 aliphatic carbocycles. The van der Waals surface area contributed by atoms with Crippen LogP contribution in [0, 0.1) is 5.92 Å². The van der Waals surface area contributed by atoms with E-state index in [1.807, 2.05) is 30.3 Å². The van der Waals surface area contributed by atoms with Crippen molar-refractivity contribution in [3.8, 4) is 5.75 Å². The lowest BCUT2D eigenvalue weighted by atomic mass is 10.0. The van der Waals surface area contributed by atoms with Crippen LogP contribution in [0.4, 0.5) is 0 Å². The van der Waals surface area contributed by atoms with E-state index in [1.165, 1.54) is 0 Å². The van der Waals surface area contributed by atoms with Gasteiger partial charge < -0.3 is 15.6 Å². The van der Waals surface area contributed by atoms with Crippen molar-refractivity contribution in [2.24, 2.45) is 11.7 Å². The van der Waals surface area contributed by atoms with Gasteiger partial charge in [0.25, 0.3) is 0 Å². The molecule has 4 nitrogen and oxygen atoms in total. The molecular formula is C16H22N2O2. The molecule has 1 heterocycles. The minimum absolute atomic E-state index is 0.100. The zero-order valence-corrected chi connectivity index (χ0v) is 12.0. The van der Waals surface area contributed by atoms with Crippen LogP contribution in [0.5, 0.6) is 5.75 Å². The van der Waals surface area contributed by atoms with Gasteiger partial charge in [0.2, 0.25) is 0 Å². The van der Waals surface area contributed by atoms with Gasteiger partial charge in [0.15, 0.2) is 0 Å². The minimum atomic E-state index is -0.412. The summed E-state index contributed by atoms with van der Waals surface area (Å²) in [5, 5.41) is 10.5. The van der Waals surface area contributed by atoms with E-state index in [0.29, 0.717) is 11.7 Å². The van der Waals surface area contributed by atoms with Crippen LogP contribution in [0.25, 0.3) is 10.9 Å². The molecule has 2 rings (SSSR count). The Hall–Kier alpha value is -1.65. The van der Waals surface area contributed by atoms with Gasteiger partial charge in [0, 0.05) is 17.6 Å². The molecule has 3 N–H and O–H groups in total. The number of nitrogens with two attached hydrogens (primary N) is 1. The van der Waals surface area contributed by atoms with Crippen LogP contribution in [0.1, 0.15) is 20.3 Å². The number of hydrogen-bond acceptors (Lipinski definition) is 4. The zero-order chi connectivity index (χ0) is 14.5. The Morgan fingerprint density at radius 1 is 1.25 bits per heavy atom. The second-order valence-electron chi connectivity index (χ2n) is 5.46. The van der Waals surface area contributed by atoms with Crippen LogP contribution >= 0.6 is 0 Å². The molecule has 0 radical (unpaired) electrons. The molecule has 2 atom stereocenters. The van der Waals surface area contributed by atoms with Crippen LogP contribution in [-0.4, -0.2) is 28.8 Å². The number of rotatable bonds is 6. The third-order valence-corrected chi connectivity index (χ3v) is 3.28. The van der Waals surface area contributed by atoms with Gasteiger partial charge in [-0.1, -0.05) is 32.0 Å². The highest BCUT2D eigenvalue weighted by molar-refractivity contribution is 5.84. The number of benzene rings is 1. The zero-order valence-electron chi connectivity index (χ0n) is 12.0. The van der Waals surface area contributed by atoms with Crippen LogP contribution < -0.4 is 10.5 Å². The highest BCUT2D eigenvalue weighted by atomic mass is 16.5. The number of hydrogen-bond donors (Lipinski definition) is 2. The number of ether oxygens (including phenoxy) is 1. The Kier molecular flexibility index (Phi) is 4.93. The summed E-state index contributed by atoms with van der Waals surface area (Å²) in [6.07, 6.45) is 2.13. The SMILES string of the molecule is CC(C)CC(N)C(CO)Oc1cccc2cccnc12. The minimum Gasteiger partial charge on any atom is -0.484 e. The standard InChI is InChI=1S/C16H22N2O2/c1-11(2)9-13(17)15(10-19)20-14-7-3-5-12-6-4-8-18-16(12)14/h3-8,11,13,15,19H,9-10,17H2,1-2H3. The van der Waals surface area contributed by atoms with E-state index in [9.17, 15) is 5.11 Å². The Morgan fingerprint density at radius 2 is 2.00 bits per heavy atom. The van der Waals surface area contributed by atoms with Gasteiger partial charge in [-0.15, -0.1) is 0 Å². The van der Waals surface area contributed by atoms with Crippen molar-refractivity contribution in [2.75, 3.05) is 6.61 Å². The molecule has 0 amide bonds. The Labute approximate surface area is 119 Å². The van der Waals surface area contributed by atoms with Gasteiger partial charge in [-0.2, -0.15) is 0 Å². The lowest BCUT2D eigenvalue weighted by Gasteiger charge is -2.25.